The van der Waals surface area contributed by atoms with Gasteiger partial charge in [-0.15, -0.1) is 0 Å². The Morgan fingerprint density at radius 3 is 2.39 bits per heavy atom. The molecule has 0 bridgehead atoms. The number of benzene rings is 1. The van der Waals surface area contributed by atoms with Crippen molar-refractivity contribution in [3.8, 4) is 5.75 Å². The number of carbonyl (C=O) groups excluding carboxylic acids is 2. The first-order chi connectivity index (χ1) is 14.8. The molecule has 0 radical (unpaired) electrons. The van der Waals surface area contributed by atoms with Crippen LogP contribution in [0, 0.1) is 5.92 Å². The highest BCUT2D eigenvalue weighted by molar-refractivity contribution is 5.85. The molecule has 1 saturated carbocycles. The molecule has 0 saturated heterocycles. The van der Waals surface area contributed by atoms with E-state index in [1.54, 1.807) is 27.9 Å². The summed E-state index contributed by atoms with van der Waals surface area (Å²) in [6.45, 7) is 6.85. The van der Waals surface area contributed by atoms with E-state index in [9.17, 15) is 9.59 Å². The smallest absolute Gasteiger partial charge is 0.408 e. The van der Waals surface area contributed by atoms with E-state index < -0.39 is 17.7 Å². The number of hydrogen-bond donors (Lipinski definition) is 2. The molecule has 31 heavy (non-hydrogen) atoms. The topological polar surface area (TPSA) is 85.9 Å². The average Bonchev–Trinajstić information content (AvgIpc) is 2.74. The Morgan fingerprint density at radius 1 is 1.10 bits per heavy atom. The normalized spacial score (nSPS) is 15.7. The summed E-state index contributed by atoms with van der Waals surface area (Å²) in [5.74, 6) is 1.10. The van der Waals surface area contributed by atoms with Gasteiger partial charge in [0.1, 0.15) is 17.4 Å². The summed E-state index contributed by atoms with van der Waals surface area (Å²) in [5.41, 5.74) is 0.310. The zero-order valence-electron chi connectivity index (χ0n) is 19.4. The molecule has 0 spiro atoms. The fourth-order valence-corrected chi connectivity index (χ4v) is 3.58. The third kappa shape index (κ3) is 10.0. The Morgan fingerprint density at radius 2 is 1.77 bits per heavy atom. The van der Waals surface area contributed by atoms with Gasteiger partial charge < -0.3 is 24.8 Å². The average molecular weight is 435 g/mol. The molecule has 174 valence electrons. The lowest BCUT2D eigenvalue weighted by Crippen LogP contribution is -2.48. The molecule has 2 N–H and O–H groups in total. The number of amides is 2. The van der Waals surface area contributed by atoms with Gasteiger partial charge in [0.05, 0.1) is 7.11 Å². The van der Waals surface area contributed by atoms with E-state index in [1.807, 2.05) is 24.3 Å². The van der Waals surface area contributed by atoms with Crippen molar-refractivity contribution >= 4 is 12.0 Å². The van der Waals surface area contributed by atoms with Gasteiger partial charge in [-0.3, -0.25) is 4.79 Å². The molecule has 7 heteroatoms. The molecular weight excluding hydrogens is 396 g/mol. The lowest BCUT2D eigenvalue weighted by molar-refractivity contribution is -0.123. The molecule has 1 aromatic carbocycles. The fourth-order valence-electron chi connectivity index (χ4n) is 3.58. The second-order valence-electron chi connectivity index (χ2n) is 9.13. The summed E-state index contributed by atoms with van der Waals surface area (Å²) in [7, 11) is 1.61. The highest BCUT2D eigenvalue weighted by atomic mass is 16.6. The Balaban J connectivity index is 1.86. The number of ether oxygens (including phenoxy) is 3. The van der Waals surface area contributed by atoms with E-state index in [0.717, 1.165) is 11.3 Å². The van der Waals surface area contributed by atoms with Crippen LogP contribution in [-0.2, 0) is 20.8 Å². The molecule has 0 aliphatic heterocycles. The van der Waals surface area contributed by atoms with Crippen LogP contribution in [0.1, 0.15) is 64.9 Å². The Kier molecular flexibility index (Phi) is 10.1. The molecule has 2 rings (SSSR count). The highest BCUT2D eigenvalue weighted by Crippen LogP contribution is 2.23. The van der Waals surface area contributed by atoms with Gasteiger partial charge in [-0.25, -0.2) is 4.79 Å². The molecule has 1 aromatic rings. The molecule has 1 atom stereocenters. The number of carbonyl (C=O) groups is 2. The summed E-state index contributed by atoms with van der Waals surface area (Å²) in [4.78, 5) is 25.0. The van der Waals surface area contributed by atoms with Crippen LogP contribution in [0.25, 0.3) is 0 Å². The van der Waals surface area contributed by atoms with Crippen molar-refractivity contribution in [3.63, 3.8) is 0 Å². The fraction of sp³-hybridized carbons (Fsp3) is 0.667. The largest absolute Gasteiger partial charge is 0.497 e. The van der Waals surface area contributed by atoms with Crippen molar-refractivity contribution in [2.45, 2.75) is 77.5 Å². The Bertz CT molecular complexity index is 678. The van der Waals surface area contributed by atoms with Crippen LogP contribution in [-0.4, -0.2) is 44.0 Å². The monoisotopic (exact) mass is 434 g/mol. The standard InChI is InChI=1S/C24H38N2O5/c1-24(2,3)31-23(28)26-21(14-15-30-17-19-8-6-5-7-9-19)22(27)25-16-18-10-12-20(29-4)13-11-18/h10-13,19,21H,5-9,14-17H2,1-4H3,(H,25,27)(H,26,28). The minimum atomic E-state index is -0.723. The lowest BCUT2D eigenvalue weighted by atomic mass is 9.90. The molecule has 1 aliphatic carbocycles. The van der Waals surface area contributed by atoms with Crippen LogP contribution in [0.5, 0.6) is 5.75 Å². The van der Waals surface area contributed by atoms with Crippen LogP contribution in [0.15, 0.2) is 24.3 Å². The first-order valence-electron chi connectivity index (χ1n) is 11.2. The molecule has 7 nitrogen and oxygen atoms in total. The van der Waals surface area contributed by atoms with Crippen molar-refractivity contribution in [3.05, 3.63) is 29.8 Å². The van der Waals surface area contributed by atoms with Gasteiger partial charge >= 0.3 is 6.09 Å². The quantitative estimate of drug-likeness (QED) is 0.539. The maximum absolute atomic E-state index is 12.8. The number of rotatable bonds is 10. The second-order valence-corrected chi connectivity index (χ2v) is 9.13. The molecule has 1 aliphatic rings. The van der Waals surface area contributed by atoms with Gasteiger partial charge in [0.2, 0.25) is 5.91 Å². The lowest BCUT2D eigenvalue weighted by Gasteiger charge is -2.24. The van der Waals surface area contributed by atoms with Crippen molar-refractivity contribution in [1.82, 2.24) is 10.6 Å². The molecular formula is C24H38N2O5. The van der Waals surface area contributed by atoms with Crippen molar-refractivity contribution in [2.24, 2.45) is 5.92 Å². The summed E-state index contributed by atoms with van der Waals surface area (Å²) >= 11 is 0. The number of nitrogens with one attached hydrogen (secondary N) is 2. The van der Waals surface area contributed by atoms with Crippen LogP contribution in [0.3, 0.4) is 0 Å². The minimum Gasteiger partial charge on any atom is -0.497 e. The van der Waals surface area contributed by atoms with Gasteiger partial charge in [0, 0.05) is 26.2 Å². The van der Waals surface area contributed by atoms with E-state index in [2.05, 4.69) is 10.6 Å². The van der Waals surface area contributed by atoms with Crippen LogP contribution >= 0.6 is 0 Å². The van der Waals surface area contributed by atoms with Gasteiger partial charge in [-0.05, 0) is 57.2 Å². The first-order valence-corrected chi connectivity index (χ1v) is 11.2. The van der Waals surface area contributed by atoms with Crippen molar-refractivity contribution in [1.29, 1.82) is 0 Å². The molecule has 0 aromatic heterocycles. The number of methoxy groups -OCH3 is 1. The van der Waals surface area contributed by atoms with Gasteiger partial charge in [0.15, 0.2) is 0 Å². The molecule has 0 heterocycles. The van der Waals surface area contributed by atoms with E-state index in [0.29, 0.717) is 32.1 Å². The maximum Gasteiger partial charge on any atom is 0.408 e. The zero-order chi connectivity index (χ0) is 22.7. The summed E-state index contributed by atoms with van der Waals surface area (Å²) in [6.07, 6.45) is 6.05. The van der Waals surface area contributed by atoms with E-state index in [-0.39, 0.29) is 5.91 Å². The third-order valence-corrected chi connectivity index (χ3v) is 5.26. The van der Waals surface area contributed by atoms with Gasteiger partial charge in [-0.1, -0.05) is 31.4 Å². The maximum atomic E-state index is 12.8. The molecule has 2 amide bonds. The van der Waals surface area contributed by atoms with E-state index in [4.69, 9.17) is 14.2 Å². The Hall–Kier alpha value is -2.28. The minimum absolute atomic E-state index is 0.261. The summed E-state index contributed by atoms with van der Waals surface area (Å²) < 4.78 is 16.3. The van der Waals surface area contributed by atoms with Crippen molar-refractivity contribution in [2.75, 3.05) is 20.3 Å². The zero-order valence-corrected chi connectivity index (χ0v) is 19.4. The third-order valence-electron chi connectivity index (χ3n) is 5.26. The van der Waals surface area contributed by atoms with Gasteiger partial charge in [-0.2, -0.15) is 0 Å². The van der Waals surface area contributed by atoms with Crippen molar-refractivity contribution < 1.29 is 23.8 Å². The summed E-state index contributed by atoms with van der Waals surface area (Å²) in [5, 5.41) is 5.58. The van der Waals surface area contributed by atoms with Crippen LogP contribution in [0.2, 0.25) is 0 Å². The number of alkyl carbamates (subject to hydrolysis) is 1. The predicted molar refractivity (Wildman–Crippen MR) is 120 cm³/mol. The number of hydrogen-bond acceptors (Lipinski definition) is 5. The predicted octanol–water partition coefficient (Wildman–Crippen LogP) is 4.19. The van der Waals surface area contributed by atoms with Crippen LogP contribution < -0.4 is 15.4 Å². The van der Waals surface area contributed by atoms with E-state index >= 15 is 0 Å². The second kappa shape index (κ2) is 12.5. The highest BCUT2D eigenvalue weighted by Gasteiger charge is 2.24. The van der Waals surface area contributed by atoms with E-state index in [1.165, 1.54) is 32.1 Å². The Labute approximate surface area is 186 Å². The van der Waals surface area contributed by atoms with Gasteiger partial charge in [0.25, 0.3) is 0 Å². The molecule has 1 unspecified atom stereocenters. The summed E-state index contributed by atoms with van der Waals surface area (Å²) in [6, 6.07) is 6.75. The first kappa shape index (κ1) is 25.0. The SMILES string of the molecule is COc1ccc(CNC(=O)C(CCOCC2CCCCC2)NC(=O)OC(C)(C)C)cc1. The van der Waals surface area contributed by atoms with Crippen LogP contribution in [0.4, 0.5) is 4.79 Å². The molecule has 1 fully saturated rings.